The number of aromatic nitrogens is 2. The molecule has 0 aliphatic carbocycles. The third kappa shape index (κ3) is 2.76. The van der Waals surface area contributed by atoms with E-state index in [2.05, 4.69) is 15.5 Å². The standard InChI is InChI=1S/C17H16FN3O3/c1-9-4-11(18)13(6-15(9)22)20-14-8-19-21-12-7-17(24-3)16(23-2)5-10(12)14/h4-8,22H,1-3H3,(H,20,21). The molecular weight excluding hydrogens is 313 g/mol. The highest BCUT2D eigenvalue weighted by Crippen LogP contribution is 2.35. The molecule has 2 aromatic carbocycles. The van der Waals surface area contributed by atoms with Gasteiger partial charge in [0.25, 0.3) is 0 Å². The summed E-state index contributed by atoms with van der Waals surface area (Å²) in [6, 6.07) is 6.02. The maximum atomic E-state index is 14.1. The molecule has 0 fully saturated rings. The average molecular weight is 329 g/mol. The van der Waals surface area contributed by atoms with Gasteiger partial charge in [0, 0.05) is 17.5 Å². The van der Waals surface area contributed by atoms with Crippen LogP contribution in [0.4, 0.5) is 15.8 Å². The van der Waals surface area contributed by atoms with Crippen LogP contribution >= 0.6 is 0 Å². The first-order valence-corrected chi connectivity index (χ1v) is 7.17. The van der Waals surface area contributed by atoms with Crippen molar-refractivity contribution >= 4 is 22.3 Å². The number of hydrogen-bond acceptors (Lipinski definition) is 6. The number of rotatable bonds is 4. The van der Waals surface area contributed by atoms with E-state index in [1.54, 1.807) is 19.1 Å². The Balaban J connectivity index is 2.11. The monoisotopic (exact) mass is 329 g/mol. The van der Waals surface area contributed by atoms with Gasteiger partial charge < -0.3 is 19.9 Å². The highest BCUT2D eigenvalue weighted by molar-refractivity contribution is 5.94. The van der Waals surface area contributed by atoms with Gasteiger partial charge in [-0.1, -0.05) is 0 Å². The fourth-order valence-corrected chi connectivity index (χ4v) is 2.39. The Morgan fingerprint density at radius 3 is 2.46 bits per heavy atom. The zero-order chi connectivity index (χ0) is 17.3. The number of nitrogens with zero attached hydrogens (tertiary/aromatic N) is 2. The first kappa shape index (κ1) is 15.8. The van der Waals surface area contributed by atoms with Crippen LogP contribution in [0.25, 0.3) is 10.9 Å². The Hall–Kier alpha value is -3.09. The summed E-state index contributed by atoms with van der Waals surface area (Å²) in [4.78, 5) is 0. The van der Waals surface area contributed by atoms with Gasteiger partial charge in [-0.15, -0.1) is 0 Å². The van der Waals surface area contributed by atoms with E-state index in [0.717, 1.165) is 0 Å². The Bertz CT molecular complexity index is 915. The predicted octanol–water partition coefficient (Wildman–Crippen LogP) is 3.54. The molecule has 7 heteroatoms. The topological polar surface area (TPSA) is 76.5 Å². The number of anilines is 2. The molecule has 0 saturated carbocycles. The largest absolute Gasteiger partial charge is 0.508 e. The van der Waals surface area contributed by atoms with Crippen molar-refractivity contribution < 1.29 is 19.0 Å². The van der Waals surface area contributed by atoms with Crippen molar-refractivity contribution in [2.45, 2.75) is 6.92 Å². The van der Waals surface area contributed by atoms with Crippen LogP contribution in [0.5, 0.6) is 17.2 Å². The average Bonchev–Trinajstić information content (AvgIpc) is 2.58. The van der Waals surface area contributed by atoms with Gasteiger partial charge in [-0.25, -0.2) is 4.39 Å². The van der Waals surface area contributed by atoms with Crippen molar-refractivity contribution in [2.75, 3.05) is 19.5 Å². The second-order valence-corrected chi connectivity index (χ2v) is 5.23. The van der Waals surface area contributed by atoms with Crippen molar-refractivity contribution in [3.8, 4) is 17.2 Å². The summed E-state index contributed by atoms with van der Waals surface area (Å²) in [7, 11) is 3.06. The van der Waals surface area contributed by atoms with Crippen LogP contribution < -0.4 is 14.8 Å². The van der Waals surface area contributed by atoms with Crippen LogP contribution in [-0.2, 0) is 0 Å². The second kappa shape index (κ2) is 6.19. The Labute approximate surface area is 137 Å². The summed E-state index contributed by atoms with van der Waals surface area (Å²) in [6.45, 7) is 1.63. The lowest BCUT2D eigenvalue weighted by molar-refractivity contribution is 0.356. The normalized spacial score (nSPS) is 10.7. The third-order valence-corrected chi connectivity index (χ3v) is 3.70. The SMILES string of the molecule is COc1cc2nncc(Nc3cc(O)c(C)cc3F)c2cc1OC. The molecule has 0 aliphatic rings. The fourth-order valence-electron chi connectivity index (χ4n) is 2.39. The number of fused-ring (bicyclic) bond motifs is 1. The summed E-state index contributed by atoms with van der Waals surface area (Å²) in [5.74, 6) is 0.573. The van der Waals surface area contributed by atoms with Gasteiger partial charge in [0.05, 0.1) is 37.3 Å². The molecule has 0 spiro atoms. The molecule has 0 unspecified atom stereocenters. The zero-order valence-electron chi connectivity index (χ0n) is 13.4. The van der Waals surface area contributed by atoms with Crippen LogP contribution in [0.15, 0.2) is 30.5 Å². The van der Waals surface area contributed by atoms with Crippen molar-refractivity contribution in [3.05, 3.63) is 41.8 Å². The Kier molecular flexibility index (Phi) is 4.07. The number of benzene rings is 2. The molecule has 0 aliphatic heterocycles. The first-order chi connectivity index (χ1) is 11.5. The summed E-state index contributed by atoms with van der Waals surface area (Å²) in [6.07, 6.45) is 1.48. The molecule has 3 aromatic rings. The summed E-state index contributed by atoms with van der Waals surface area (Å²) < 4.78 is 24.7. The number of ether oxygens (including phenoxy) is 2. The van der Waals surface area contributed by atoms with E-state index in [9.17, 15) is 9.50 Å². The number of methoxy groups -OCH3 is 2. The van der Waals surface area contributed by atoms with Crippen molar-refractivity contribution in [1.82, 2.24) is 10.2 Å². The highest BCUT2D eigenvalue weighted by atomic mass is 19.1. The Morgan fingerprint density at radius 2 is 1.75 bits per heavy atom. The third-order valence-electron chi connectivity index (χ3n) is 3.70. The van der Waals surface area contributed by atoms with E-state index >= 15 is 0 Å². The number of nitrogens with one attached hydrogen (secondary N) is 1. The number of aryl methyl sites for hydroxylation is 1. The van der Waals surface area contributed by atoms with Gasteiger partial charge in [0.15, 0.2) is 11.5 Å². The van der Waals surface area contributed by atoms with Gasteiger partial charge in [-0.2, -0.15) is 10.2 Å². The lowest BCUT2D eigenvalue weighted by Gasteiger charge is -2.13. The minimum Gasteiger partial charge on any atom is -0.508 e. The number of phenolic OH excluding ortho intramolecular Hbond substituents is 1. The van der Waals surface area contributed by atoms with Crippen molar-refractivity contribution in [3.63, 3.8) is 0 Å². The maximum absolute atomic E-state index is 14.1. The fraction of sp³-hybridized carbons (Fsp3) is 0.176. The second-order valence-electron chi connectivity index (χ2n) is 5.23. The molecule has 124 valence electrons. The smallest absolute Gasteiger partial charge is 0.162 e. The Morgan fingerprint density at radius 1 is 1.04 bits per heavy atom. The highest BCUT2D eigenvalue weighted by Gasteiger charge is 2.13. The molecule has 0 saturated heterocycles. The first-order valence-electron chi connectivity index (χ1n) is 7.17. The van der Waals surface area contributed by atoms with E-state index in [4.69, 9.17) is 9.47 Å². The summed E-state index contributed by atoms with van der Waals surface area (Å²) >= 11 is 0. The van der Waals surface area contributed by atoms with Crippen LogP contribution in [0.3, 0.4) is 0 Å². The van der Waals surface area contributed by atoms with E-state index in [0.29, 0.717) is 33.7 Å². The lowest BCUT2D eigenvalue weighted by Crippen LogP contribution is -1.99. The van der Waals surface area contributed by atoms with Crippen molar-refractivity contribution in [1.29, 1.82) is 0 Å². The van der Waals surface area contributed by atoms with Gasteiger partial charge in [-0.3, -0.25) is 0 Å². The minimum absolute atomic E-state index is 0.00414. The van der Waals surface area contributed by atoms with Crippen LogP contribution in [0, 0.1) is 12.7 Å². The zero-order valence-corrected chi connectivity index (χ0v) is 13.4. The molecule has 0 amide bonds. The molecule has 24 heavy (non-hydrogen) atoms. The van der Waals surface area contributed by atoms with Crippen molar-refractivity contribution in [2.24, 2.45) is 0 Å². The lowest BCUT2D eigenvalue weighted by atomic mass is 10.1. The molecule has 1 heterocycles. The van der Waals surface area contributed by atoms with Crippen LogP contribution in [0.1, 0.15) is 5.56 Å². The molecule has 0 radical (unpaired) electrons. The predicted molar refractivity (Wildman–Crippen MR) is 88.7 cm³/mol. The number of hydrogen-bond donors (Lipinski definition) is 2. The molecule has 0 atom stereocenters. The number of phenols is 1. The van der Waals surface area contributed by atoms with Crippen LogP contribution in [-0.4, -0.2) is 29.5 Å². The summed E-state index contributed by atoms with van der Waals surface area (Å²) in [5, 5.41) is 21.4. The molecule has 0 bridgehead atoms. The van der Waals surface area contributed by atoms with E-state index < -0.39 is 5.82 Å². The quantitative estimate of drug-likeness (QED) is 0.762. The number of aromatic hydroxyl groups is 1. The van der Waals surface area contributed by atoms with Gasteiger partial charge in [0.1, 0.15) is 11.6 Å². The molecule has 6 nitrogen and oxygen atoms in total. The molecule has 1 aromatic heterocycles. The summed E-state index contributed by atoms with van der Waals surface area (Å²) in [5.41, 5.74) is 1.70. The molecule has 3 rings (SSSR count). The minimum atomic E-state index is -0.476. The van der Waals surface area contributed by atoms with Gasteiger partial charge in [-0.05, 0) is 24.6 Å². The van der Waals surface area contributed by atoms with Gasteiger partial charge in [0.2, 0.25) is 0 Å². The van der Waals surface area contributed by atoms with E-state index in [1.165, 1.54) is 32.5 Å². The van der Waals surface area contributed by atoms with Crippen LogP contribution in [0.2, 0.25) is 0 Å². The van der Waals surface area contributed by atoms with E-state index in [-0.39, 0.29) is 11.4 Å². The molecule has 2 N–H and O–H groups in total. The van der Waals surface area contributed by atoms with Gasteiger partial charge >= 0.3 is 0 Å². The maximum Gasteiger partial charge on any atom is 0.162 e. The van der Waals surface area contributed by atoms with E-state index in [1.807, 2.05) is 0 Å². The number of halogens is 1. The molecular formula is C17H16FN3O3.